The van der Waals surface area contributed by atoms with Crippen molar-refractivity contribution >= 4 is 55.1 Å². The molecule has 2 aliphatic rings. The second kappa shape index (κ2) is 19.1. The SMILES string of the molecule is CCOC(=O)Nc1ccc2c(c1)C(C)(C)C(C=C/C=C1/N(CCCCS(=O)(=O)[O-])c3ccc(NC(=O)OCC)cc3C1(C)C)=C2CCCCS(=O)(=O)O.[K+]. The predicted molar refractivity (Wildman–Crippen MR) is 206 cm³/mol. The maximum atomic E-state index is 12.2. The van der Waals surface area contributed by atoms with Crippen LogP contribution in [0.5, 0.6) is 0 Å². The van der Waals surface area contributed by atoms with Crippen molar-refractivity contribution in [1.82, 2.24) is 0 Å². The van der Waals surface area contributed by atoms with Crippen molar-refractivity contribution in [2.45, 2.75) is 84.5 Å². The van der Waals surface area contributed by atoms with E-state index in [0.29, 0.717) is 37.2 Å². The number of carbonyl (C=O) groups is 2. The molecule has 0 saturated heterocycles. The summed E-state index contributed by atoms with van der Waals surface area (Å²) in [5.41, 5.74) is 6.83. The smallest absolute Gasteiger partial charge is 0.748 e. The van der Waals surface area contributed by atoms with Crippen LogP contribution in [0.1, 0.15) is 90.3 Å². The number of nitrogens with one attached hydrogen (secondary N) is 2. The Bertz CT molecular complexity index is 2020. The Morgan fingerprint density at radius 1 is 0.833 bits per heavy atom. The van der Waals surface area contributed by atoms with Gasteiger partial charge in [0.25, 0.3) is 10.1 Å². The van der Waals surface area contributed by atoms with E-state index in [0.717, 1.165) is 39.2 Å². The molecular weight excluding hydrogens is 762 g/mol. The van der Waals surface area contributed by atoms with E-state index < -0.39 is 49.0 Å². The number of hydrogen-bond donors (Lipinski definition) is 3. The molecule has 0 bridgehead atoms. The van der Waals surface area contributed by atoms with Gasteiger partial charge in [-0.3, -0.25) is 15.2 Å². The molecule has 290 valence electrons. The molecule has 2 aromatic carbocycles. The normalized spacial score (nSPS) is 16.6. The Balaban J connectivity index is 0.00000784. The molecule has 0 fully saturated rings. The molecule has 0 atom stereocenters. The standard InChI is InChI=1S/C38H51N3O10S2.K/c1-7-50-35(42)39-26-17-19-29-28(14-9-11-22-52(44,45)46)30(37(3,4)31(29)24-26)15-13-16-34-38(5,6)32-25-27(40-36(43)51-8-2)18-20-33(32)41(34)21-10-12-23-53(47,48)49;/h13,15-20,24-25H,7-12,14,21-23H2,1-6H3,(H,39,42)(H,40,43)(H,44,45,46)(H,47,48,49);/q;+1/p-1/b15-13?,34-16+;. The number of unbranched alkanes of at least 4 members (excludes halogenated alkanes) is 2. The molecule has 0 aromatic heterocycles. The van der Waals surface area contributed by atoms with Gasteiger partial charge in [-0.25, -0.2) is 18.0 Å². The average molecular weight is 812 g/mol. The van der Waals surface area contributed by atoms with Gasteiger partial charge in [-0.15, -0.1) is 0 Å². The van der Waals surface area contributed by atoms with Crippen molar-refractivity contribution in [2.24, 2.45) is 0 Å². The minimum Gasteiger partial charge on any atom is -0.748 e. The molecule has 3 N–H and O–H groups in total. The van der Waals surface area contributed by atoms with E-state index in [-0.39, 0.29) is 83.2 Å². The van der Waals surface area contributed by atoms with Gasteiger partial charge in [0.15, 0.2) is 0 Å². The monoisotopic (exact) mass is 811 g/mol. The van der Waals surface area contributed by atoms with Gasteiger partial charge in [0.1, 0.15) is 0 Å². The van der Waals surface area contributed by atoms with Crippen LogP contribution < -0.4 is 66.9 Å². The number of rotatable bonds is 16. The fraction of sp³-hybridized carbons (Fsp3) is 0.474. The van der Waals surface area contributed by atoms with Crippen LogP contribution in [0.3, 0.4) is 0 Å². The molecular formula is C38H50KN3O10S2. The van der Waals surface area contributed by atoms with Crippen LogP contribution >= 0.6 is 0 Å². The number of hydrogen-bond acceptors (Lipinski definition) is 10. The summed E-state index contributed by atoms with van der Waals surface area (Å²) in [6, 6.07) is 11.3. The number of allylic oxidation sites excluding steroid dienone is 6. The predicted octanol–water partition coefficient (Wildman–Crippen LogP) is 4.49. The molecule has 1 heterocycles. The number of anilines is 3. The van der Waals surface area contributed by atoms with Crippen LogP contribution in [0.4, 0.5) is 26.7 Å². The van der Waals surface area contributed by atoms with Gasteiger partial charge in [-0.05, 0) is 110 Å². The minimum atomic E-state index is -4.35. The van der Waals surface area contributed by atoms with Crippen molar-refractivity contribution in [3.63, 3.8) is 0 Å². The maximum Gasteiger partial charge on any atom is 1.00 e. The van der Waals surface area contributed by atoms with E-state index in [1.54, 1.807) is 26.0 Å². The van der Waals surface area contributed by atoms with Gasteiger partial charge in [-0.1, -0.05) is 45.9 Å². The number of amides is 2. The van der Waals surface area contributed by atoms with Gasteiger partial charge in [-0.2, -0.15) is 8.42 Å². The molecule has 4 rings (SSSR count). The Hall–Kier alpha value is -2.54. The Morgan fingerprint density at radius 2 is 1.41 bits per heavy atom. The molecule has 1 aliphatic carbocycles. The van der Waals surface area contributed by atoms with Gasteiger partial charge in [0.05, 0.1) is 29.1 Å². The molecule has 13 nitrogen and oxygen atoms in total. The summed E-state index contributed by atoms with van der Waals surface area (Å²) < 4.78 is 76.2. The van der Waals surface area contributed by atoms with Crippen molar-refractivity contribution in [1.29, 1.82) is 0 Å². The first-order valence-corrected chi connectivity index (χ1v) is 20.9. The number of carbonyl (C=O) groups excluding carboxylic acids is 2. The third kappa shape index (κ3) is 11.7. The van der Waals surface area contributed by atoms with Crippen LogP contribution in [0, 0.1) is 0 Å². The topological polar surface area (TPSA) is 191 Å². The van der Waals surface area contributed by atoms with Crippen molar-refractivity contribution in [3.05, 3.63) is 82.6 Å². The second-order valence-electron chi connectivity index (χ2n) is 14.1. The molecule has 2 aromatic rings. The molecule has 1 aliphatic heterocycles. The molecule has 2 amide bonds. The Morgan fingerprint density at radius 3 is 1.98 bits per heavy atom. The minimum absolute atomic E-state index is 0. The Kier molecular flexibility index (Phi) is 16.2. The number of ether oxygens (including phenoxy) is 2. The average Bonchev–Trinajstić information content (AvgIpc) is 3.38. The van der Waals surface area contributed by atoms with E-state index in [1.165, 1.54) is 0 Å². The maximum absolute atomic E-state index is 12.2. The quantitative estimate of drug-likeness (QED) is 0.123. The van der Waals surface area contributed by atoms with Crippen molar-refractivity contribution < 1.29 is 96.4 Å². The van der Waals surface area contributed by atoms with E-state index in [4.69, 9.17) is 9.47 Å². The zero-order valence-corrected chi connectivity index (χ0v) is 36.9. The third-order valence-electron chi connectivity index (χ3n) is 9.57. The molecule has 54 heavy (non-hydrogen) atoms. The van der Waals surface area contributed by atoms with E-state index in [2.05, 4.69) is 43.2 Å². The fourth-order valence-electron chi connectivity index (χ4n) is 7.08. The summed E-state index contributed by atoms with van der Waals surface area (Å²) in [5, 5.41) is 5.54. The summed E-state index contributed by atoms with van der Waals surface area (Å²) in [5.74, 6) is -0.786. The first-order valence-electron chi connectivity index (χ1n) is 17.7. The van der Waals surface area contributed by atoms with Crippen LogP contribution in [0.15, 0.2) is 65.9 Å². The van der Waals surface area contributed by atoms with Gasteiger partial charge in [0.2, 0.25) is 0 Å². The zero-order chi connectivity index (χ0) is 39.2. The van der Waals surface area contributed by atoms with E-state index in [9.17, 15) is 35.5 Å². The molecule has 0 radical (unpaired) electrons. The molecule has 0 unspecified atom stereocenters. The molecule has 16 heteroatoms. The second-order valence-corrected chi connectivity index (χ2v) is 17.2. The molecule has 0 saturated carbocycles. The number of nitrogens with zero attached hydrogens (tertiary/aromatic N) is 1. The van der Waals surface area contributed by atoms with E-state index >= 15 is 0 Å². The summed E-state index contributed by atoms with van der Waals surface area (Å²) in [4.78, 5) is 26.5. The number of benzene rings is 2. The van der Waals surface area contributed by atoms with E-state index in [1.807, 2.05) is 42.5 Å². The van der Waals surface area contributed by atoms with Crippen LogP contribution in [-0.2, 0) is 40.5 Å². The van der Waals surface area contributed by atoms with Crippen LogP contribution in [0.25, 0.3) is 5.57 Å². The zero-order valence-electron chi connectivity index (χ0n) is 32.2. The van der Waals surface area contributed by atoms with Gasteiger partial charge >= 0.3 is 63.6 Å². The summed E-state index contributed by atoms with van der Waals surface area (Å²) in [7, 11) is -8.44. The Labute approximate surface area is 361 Å². The van der Waals surface area contributed by atoms with Gasteiger partial charge in [0, 0.05) is 45.9 Å². The van der Waals surface area contributed by atoms with Crippen LogP contribution in [0.2, 0.25) is 0 Å². The summed E-state index contributed by atoms with van der Waals surface area (Å²) in [6.07, 6.45) is 6.90. The fourth-order valence-corrected chi connectivity index (χ4v) is 8.21. The van der Waals surface area contributed by atoms with Gasteiger partial charge < -0.3 is 18.9 Å². The first-order chi connectivity index (χ1) is 24.8. The van der Waals surface area contributed by atoms with Crippen molar-refractivity contribution in [3.8, 4) is 0 Å². The number of fused-ring (bicyclic) bond motifs is 2. The summed E-state index contributed by atoms with van der Waals surface area (Å²) in [6.45, 7) is 12.7. The summed E-state index contributed by atoms with van der Waals surface area (Å²) >= 11 is 0. The molecule has 0 spiro atoms. The van der Waals surface area contributed by atoms with Crippen molar-refractivity contribution in [2.75, 3.05) is 46.8 Å². The first kappa shape index (κ1) is 45.8. The van der Waals surface area contributed by atoms with Crippen LogP contribution in [-0.4, -0.2) is 69.4 Å². The largest absolute Gasteiger partial charge is 1.00 e. The third-order valence-corrected chi connectivity index (χ3v) is 11.2.